The first kappa shape index (κ1) is 8.40. The molecule has 0 unspecified atom stereocenters. The molecule has 2 rings (SSSR count). The normalized spacial score (nSPS) is 10.2. The molecule has 0 N–H and O–H groups in total. The molecule has 0 aliphatic carbocycles. The highest BCUT2D eigenvalue weighted by molar-refractivity contribution is 9.10. The predicted octanol–water partition coefficient (Wildman–Crippen LogP) is 3.04. The van der Waals surface area contributed by atoms with E-state index < -0.39 is 0 Å². The Morgan fingerprint density at radius 2 is 2.23 bits per heavy atom. The van der Waals surface area contributed by atoms with Crippen molar-refractivity contribution >= 4 is 26.8 Å². The summed E-state index contributed by atoms with van der Waals surface area (Å²) in [6.45, 7) is 0.625. The largest absolute Gasteiger partial charge is 0.336 e. The van der Waals surface area contributed by atoms with E-state index in [1.807, 2.05) is 18.3 Å². The Morgan fingerprint density at radius 3 is 3.00 bits per heavy atom. The van der Waals surface area contributed by atoms with E-state index in [2.05, 4.69) is 38.6 Å². The highest BCUT2D eigenvalue weighted by Gasteiger charge is 2.01. The summed E-state index contributed by atoms with van der Waals surface area (Å²) >= 11 is 3.50. The zero-order chi connectivity index (χ0) is 9.26. The van der Waals surface area contributed by atoms with Gasteiger partial charge >= 0.3 is 0 Å². The van der Waals surface area contributed by atoms with Gasteiger partial charge in [-0.2, -0.15) is 0 Å². The van der Waals surface area contributed by atoms with E-state index >= 15 is 0 Å². The van der Waals surface area contributed by atoms with Crippen LogP contribution in [0.5, 0.6) is 0 Å². The van der Waals surface area contributed by atoms with Crippen molar-refractivity contribution in [1.82, 2.24) is 4.57 Å². The van der Waals surface area contributed by atoms with Gasteiger partial charge in [0.05, 0.1) is 6.54 Å². The fourth-order valence-corrected chi connectivity index (χ4v) is 1.91. The van der Waals surface area contributed by atoms with Crippen molar-refractivity contribution in [3.05, 3.63) is 34.9 Å². The highest BCUT2D eigenvalue weighted by atomic mass is 79.9. The summed E-state index contributed by atoms with van der Waals surface area (Å²) in [6.07, 6.45) is 7.28. The van der Waals surface area contributed by atoms with Crippen LogP contribution in [0.25, 0.3) is 10.9 Å². The molecular weight excluding hydrogens is 226 g/mol. The average Bonchev–Trinajstić information content (AvgIpc) is 2.51. The number of benzene rings is 1. The number of halogens is 1. The summed E-state index contributed by atoms with van der Waals surface area (Å²) < 4.78 is 3.17. The Bertz CT molecular complexity index is 476. The fraction of sp³-hybridized carbons (Fsp3) is 0.0909. The minimum atomic E-state index is 0.625. The summed E-state index contributed by atoms with van der Waals surface area (Å²) in [5, 5.41) is 1.21. The predicted molar refractivity (Wildman–Crippen MR) is 58.5 cm³/mol. The van der Waals surface area contributed by atoms with Crippen LogP contribution in [0.15, 0.2) is 34.9 Å². The molecule has 0 atom stereocenters. The zero-order valence-corrected chi connectivity index (χ0v) is 8.58. The molecule has 1 aromatic heterocycles. The van der Waals surface area contributed by atoms with Gasteiger partial charge in [-0.05, 0) is 18.2 Å². The lowest BCUT2D eigenvalue weighted by molar-refractivity contribution is 0.886. The van der Waals surface area contributed by atoms with E-state index in [-0.39, 0.29) is 0 Å². The highest BCUT2D eigenvalue weighted by Crippen LogP contribution is 2.24. The molecule has 0 spiro atoms. The van der Waals surface area contributed by atoms with Crippen LogP contribution < -0.4 is 0 Å². The number of hydrogen-bond acceptors (Lipinski definition) is 0. The number of hydrogen-bond donors (Lipinski definition) is 0. The van der Waals surface area contributed by atoms with Crippen molar-refractivity contribution in [3.8, 4) is 12.3 Å². The molecule has 0 amide bonds. The van der Waals surface area contributed by atoms with Gasteiger partial charge < -0.3 is 4.57 Å². The van der Waals surface area contributed by atoms with Crippen LogP contribution in [0.4, 0.5) is 0 Å². The van der Waals surface area contributed by atoms with E-state index in [4.69, 9.17) is 6.42 Å². The summed E-state index contributed by atoms with van der Waals surface area (Å²) in [4.78, 5) is 0. The van der Waals surface area contributed by atoms with Crippen molar-refractivity contribution in [1.29, 1.82) is 0 Å². The summed E-state index contributed by atoms with van der Waals surface area (Å²) in [5.74, 6) is 2.63. The van der Waals surface area contributed by atoms with E-state index in [0.29, 0.717) is 6.54 Å². The van der Waals surface area contributed by atoms with Crippen LogP contribution in [0, 0.1) is 12.3 Å². The van der Waals surface area contributed by atoms with E-state index in [1.54, 1.807) is 0 Å². The van der Waals surface area contributed by atoms with Crippen molar-refractivity contribution in [3.63, 3.8) is 0 Å². The maximum Gasteiger partial charge on any atom is 0.0834 e. The lowest BCUT2D eigenvalue weighted by Gasteiger charge is -1.99. The van der Waals surface area contributed by atoms with Gasteiger partial charge in [0.15, 0.2) is 0 Å². The first-order chi connectivity index (χ1) is 6.33. The lowest BCUT2D eigenvalue weighted by atomic mass is 10.2. The zero-order valence-electron chi connectivity index (χ0n) is 7.00. The second kappa shape index (κ2) is 3.27. The quantitative estimate of drug-likeness (QED) is 0.668. The molecule has 0 radical (unpaired) electrons. The number of terminal acetylenes is 1. The second-order valence-electron chi connectivity index (χ2n) is 2.82. The van der Waals surface area contributed by atoms with Gasteiger partial charge in [0.25, 0.3) is 0 Å². The minimum absolute atomic E-state index is 0.625. The monoisotopic (exact) mass is 233 g/mol. The summed E-state index contributed by atoms with van der Waals surface area (Å²) in [6, 6.07) is 8.18. The lowest BCUT2D eigenvalue weighted by Crippen LogP contribution is -1.91. The molecule has 1 aromatic carbocycles. The third-order valence-corrected chi connectivity index (χ3v) is 2.71. The van der Waals surface area contributed by atoms with Gasteiger partial charge in [-0.1, -0.05) is 27.9 Å². The van der Waals surface area contributed by atoms with Crippen molar-refractivity contribution in [2.75, 3.05) is 0 Å². The van der Waals surface area contributed by atoms with Gasteiger partial charge in [-0.3, -0.25) is 0 Å². The van der Waals surface area contributed by atoms with Gasteiger partial charge in [0.1, 0.15) is 0 Å². The molecule has 1 nitrogen and oxygen atoms in total. The molecule has 0 fully saturated rings. The molecule has 2 aromatic rings. The van der Waals surface area contributed by atoms with Crippen LogP contribution >= 0.6 is 15.9 Å². The molecule has 0 aliphatic rings. The van der Waals surface area contributed by atoms with E-state index in [1.165, 1.54) is 10.9 Å². The van der Waals surface area contributed by atoms with Gasteiger partial charge in [0.2, 0.25) is 0 Å². The van der Waals surface area contributed by atoms with Crippen molar-refractivity contribution in [2.24, 2.45) is 0 Å². The number of aromatic nitrogens is 1. The van der Waals surface area contributed by atoms with Crippen LogP contribution in [-0.2, 0) is 6.54 Å². The Morgan fingerprint density at radius 1 is 1.38 bits per heavy atom. The summed E-state index contributed by atoms with van der Waals surface area (Å²) in [7, 11) is 0. The molecule has 0 aliphatic heterocycles. The maximum absolute atomic E-state index is 5.27. The smallest absolute Gasteiger partial charge is 0.0834 e. The average molecular weight is 234 g/mol. The van der Waals surface area contributed by atoms with Gasteiger partial charge in [0, 0.05) is 21.6 Å². The number of nitrogens with zero attached hydrogens (tertiary/aromatic N) is 1. The van der Waals surface area contributed by atoms with Crippen LogP contribution in [-0.4, -0.2) is 4.57 Å². The molecule has 13 heavy (non-hydrogen) atoms. The fourth-order valence-electron chi connectivity index (χ4n) is 1.42. The van der Waals surface area contributed by atoms with Crippen molar-refractivity contribution in [2.45, 2.75) is 6.54 Å². The molecule has 1 heterocycles. The first-order valence-electron chi connectivity index (χ1n) is 4.00. The topological polar surface area (TPSA) is 4.93 Å². The standard InChI is InChI=1S/C11H8BrN/c1-2-7-13-8-6-9-10(12)4-3-5-11(9)13/h1,3-6,8H,7H2. The third-order valence-electron chi connectivity index (χ3n) is 2.02. The van der Waals surface area contributed by atoms with Gasteiger partial charge in [-0.15, -0.1) is 6.42 Å². The third kappa shape index (κ3) is 1.36. The Balaban J connectivity index is 2.70. The number of fused-ring (bicyclic) bond motifs is 1. The molecule has 0 saturated carbocycles. The Kier molecular flexibility index (Phi) is 2.12. The SMILES string of the molecule is C#CCn1ccc2c(Br)cccc21. The number of rotatable bonds is 1. The van der Waals surface area contributed by atoms with E-state index in [0.717, 1.165) is 4.47 Å². The van der Waals surface area contributed by atoms with Gasteiger partial charge in [-0.25, -0.2) is 0 Å². The van der Waals surface area contributed by atoms with Crippen molar-refractivity contribution < 1.29 is 0 Å². The van der Waals surface area contributed by atoms with Crippen LogP contribution in [0.2, 0.25) is 0 Å². The molecule has 2 heteroatoms. The Hall–Kier alpha value is -1.20. The maximum atomic E-state index is 5.27. The Labute approximate surface area is 85.5 Å². The van der Waals surface area contributed by atoms with Crippen LogP contribution in [0.3, 0.4) is 0 Å². The second-order valence-corrected chi connectivity index (χ2v) is 3.67. The molecule has 0 saturated heterocycles. The molecule has 64 valence electrons. The van der Waals surface area contributed by atoms with E-state index in [9.17, 15) is 0 Å². The molecular formula is C11H8BrN. The first-order valence-corrected chi connectivity index (χ1v) is 4.79. The minimum Gasteiger partial charge on any atom is -0.336 e. The summed E-state index contributed by atoms with van der Waals surface area (Å²) in [5.41, 5.74) is 1.17. The molecule has 0 bridgehead atoms. The van der Waals surface area contributed by atoms with Crippen LogP contribution in [0.1, 0.15) is 0 Å².